The predicted molar refractivity (Wildman–Crippen MR) is 82.5 cm³/mol. The Morgan fingerprint density at radius 1 is 1.10 bits per heavy atom. The molecule has 0 saturated heterocycles. The molecule has 0 aliphatic heterocycles. The number of benzene rings is 1. The average Bonchev–Trinajstić information content (AvgIpc) is 2.24. The fourth-order valence-electron chi connectivity index (χ4n) is 1.99. The van der Waals surface area contributed by atoms with Crippen LogP contribution in [0.4, 0.5) is 8.78 Å². The second-order valence-corrected chi connectivity index (χ2v) is 8.54. The van der Waals surface area contributed by atoms with Gasteiger partial charge in [-0.05, 0) is 33.8 Å². The molecule has 0 fully saturated rings. The summed E-state index contributed by atoms with van der Waals surface area (Å²) in [6.07, 6.45) is 0. The first-order valence-electron chi connectivity index (χ1n) is 6.70. The minimum atomic E-state index is -4.02. The van der Waals surface area contributed by atoms with Gasteiger partial charge in [0.15, 0.2) is 0 Å². The molecule has 7 heteroatoms. The molecule has 3 nitrogen and oxygen atoms in total. The van der Waals surface area contributed by atoms with E-state index in [0.717, 1.165) is 6.07 Å². The molecule has 0 aromatic heterocycles. The van der Waals surface area contributed by atoms with Crippen molar-refractivity contribution in [1.29, 1.82) is 0 Å². The third kappa shape index (κ3) is 4.72. The SMILES string of the molecule is CC(C)CN(CC(C)C)S(=O)(=O)c1c(F)cc(F)cc1Br. The lowest BCUT2D eigenvalue weighted by molar-refractivity contribution is 0.331. The molecule has 1 aromatic carbocycles. The van der Waals surface area contributed by atoms with E-state index in [4.69, 9.17) is 0 Å². The molecule has 0 aliphatic carbocycles. The number of halogens is 3. The topological polar surface area (TPSA) is 37.4 Å². The van der Waals surface area contributed by atoms with Gasteiger partial charge in [-0.2, -0.15) is 4.31 Å². The second kappa shape index (κ2) is 7.15. The largest absolute Gasteiger partial charge is 0.247 e. The maximum Gasteiger partial charge on any atom is 0.247 e. The molecule has 21 heavy (non-hydrogen) atoms. The number of sulfonamides is 1. The minimum Gasteiger partial charge on any atom is -0.207 e. The molecule has 1 rings (SSSR count). The fraction of sp³-hybridized carbons (Fsp3) is 0.571. The van der Waals surface area contributed by atoms with Crippen molar-refractivity contribution in [3.8, 4) is 0 Å². The minimum absolute atomic E-state index is 0.0980. The van der Waals surface area contributed by atoms with Crippen molar-refractivity contribution >= 4 is 26.0 Å². The van der Waals surface area contributed by atoms with Gasteiger partial charge in [0, 0.05) is 23.6 Å². The van der Waals surface area contributed by atoms with Gasteiger partial charge >= 0.3 is 0 Å². The Bertz CT molecular complexity index is 570. The van der Waals surface area contributed by atoms with E-state index in [-0.39, 0.29) is 29.4 Å². The molecule has 0 N–H and O–H groups in total. The van der Waals surface area contributed by atoms with Gasteiger partial charge in [0.1, 0.15) is 16.5 Å². The highest BCUT2D eigenvalue weighted by Crippen LogP contribution is 2.29. The third-order valence-electron chi connectivity index (χ3n) is 2.70. The number of hydrogen-bond acceptors (Lipinski definition) is 2. The van der Waals surface area contributed by atoms with Crippen LogP contribution in [0.15, 0.2) is 21.5 Å². The molecule has 0 unspecified atom stereocenters. The first kappa shape index (κ1) is 18.5. The van der Waals surface area contributed by atoms with Gasteiger partial charge in [0.2, 0.25) is 10.0 Å². The Morgan fingerprint density at radius 2 is 1.57 bits per heavy atom. The van der Waals surface area contributed by atoms with Crippen LogP contribution >= 0.6 is 15.9 Å². The summed E-state index contributed by atoms with van der Waals surface area (Å²) in [7, 11) is -4.02. The molecule has 0 amide bonds. The van der Waals surface area contributed by atoms with Crippen molar-refractivity contribution in [3.63, 3.8) is 0 Å². The van der Waals surface area contributed by atoms with E-state index in [2.05, 4.69) is 15.9 Å². The van der Waals surface area contributed by atoms with Gasteiger partial charge in [-0.15, -0.1) is 0 Å². The van der Waals surface area contributed by atoms with Gasteiger partial charge in [0.05, 0.1) is 0 Å². The summed E-state index contributed by atoms with van der Waals surface area (Å²) in [4.78, 5) is -0.509. The predicted octanol–water partition coefficient (Wildman–Crippen LogP) is 4.03. The van der Waals surface area contributed by atoms with Crippen molar-refractivity contribution in [2.24, 2.45) is 11.8 Å². The van der Waals surface area contributed by atoms with Crippen LogP contribution in [-0.4, -0.2) is 25.8 Å². The highest BCUT2D eigenvalue weighted by atomic mass is 79.9. The zero-order chi connectivity index (χ0) is 16.4. The van der Waals surface area contributed by atoms with Crippen LogP contribution < -0.4 is 0 Å². The molecular weight excluding hydrogens is 364 g/mol. The van der Waals surface area contributed by atoms with Crippen LogP contribution in [0, 0.1) is 23.5 Å². The van der Waals surface area contributed by atoms with E-state index in [1.807, 2.05) is 27.7 Å². The van der Waals surface area contributed by atoms with Crippen LogP contribution in [-0.2, 0) is 10.0 Å². The Balaban J connectivity index is 3.35. The van der Waals surface area contributed by atoms with Crippen molar-refractivity contribution in [2.45, 2.75) is 32.6 Å². The van der Waals surface area contributed by atoms with Crippen LogP contribution in [0.25, 0.3) is 0 Å². The molecule has 0 saturated carbocycles. The summed E-state index contributed by atoms with van der Waals surface area (Å²) >= 11 is 2.95. The van der Waals surface area contributed by atoms with Crippen molar-refractivity contribution in [3.05, 3.63) is 28.2 Å². The zero-order valence-corrected chi connectivity index (χ0v) is 14.9. The molecule has 0 radical (unpaired) electrons. The Labute approximate surface area is 133 Å². The lowest BCUT2D eigenvalue weighted by atomic mass is 10.2. The Morgan fingerprint density at radius 3 is 1.95 bits per heavy atom. The number of nitrogens with zero attached hydrogens (tertiary/aromatic N) is 1. The molecule has 0 spiro atoms. The summed E-state index contributed by atoms with van der Waals surface area (Å²) in [6, 6.07) is 1.54. The molecule has 0 aliphatic rings. The second-order valence-electron chi connectivity index (χ2n) is 5.81. The van der Waals surface area contributed by atoms with E-state index in [1.165, 1.54) is 4.31 Å². The average molecular weight is 384 g/mol. The quantitative estimate of drug-likeness (QED) is 0.743. The first-order chi connectivity index (χ1) is 9.55. The molecule has 0 atom stereocenters. The van der Waals surface area contributed by atoms with Gasteiger partial charge < -0.3 is 0 Å². The Hall–Kier alpha value is -0.530. The fourth-order valence-corrected chi connectivity index (χ4v) is 4.87. The van der Waals surface area contributed by atoms with Gasteiger partial charge in [-0.3, -0.25) is 0 Å². The van der Waals surface area contributed by atoms with Crippen molar-refractivity contribution < 1.29 is 17.2 Å². The molecule has 0 heterocycles. The summed E-state index contributed by atoms with van der Waals surface area (Å²) in [5.74, 6) is -1.71. The third-order valence-corrected chi connectivity index (χ3v) is 5.50. The summed E-state index contributed by atoms with van der Waals surface area (Å²) < 4.78 is 53.6. The summed E-state index contributed by atoms with van der Waals surface area (Å²) in [5, 5.41) is 0. The van der Waals surface area contributed by atoms with Crippen molar-refractivity contribution in [1.82, 2.24) is 4.31 Å². The van der Waals surface area contributed by atoms with Gasteiger partial charge in [-0.25, -0.2) is 17.2 Å². The molecule has 120 valence electrons. The molecule has 1 aromatic rings. The van der Waals surface area contributed by atoms with Crippen LogP contribution in [0.1, 0.15) is 27.7 Å². The normalized spacial score (nSPS) is 12.7. The highest BCUT2D eigenvalue weighted by Gasteiger charge is 2.31. The summed E-state index contributed by atoms with van der Waals surface area (Å²) in [5.41, 5.74) is 0. The smallest absolute Gasteiger partial charge is 0.207 e. The first-order valence-corrected chi connectivity index (χ1v) is 8.93. The van der Waals surface area contributed by atoms with Gasteiger partial charge in [0.25, 0.3) is 0 Å². The van der Waals surface area contributed by atoms with E-state index >= 15 is 0 Å². The standard InChI is InChI=1S/C14H20BrF2NO2S/c1-9(2)7-18(8-10(3)4)21(19,20)14-12(15)5-11(16)6-13(14)17/h5-6,9-10H,7-8H2,1-4H3. The van der Waals surface area contributed by atoms with E-state index in [1.54, 1.807) is 0 Å². The van der Waals surface area contributed by atoms with E-state index < -0.39 is 26.6 Å². The van der Waals surface area contributed by atoms with Crippen LogP contribution in [0.5, 0.6) is 0 Å². The van der Waals surface area contributed by atoms with Crippen molar-refractivity contribution in [2.75, 3.05) is 13.1 Å². The lowest BCUT2D eigenvalue weighted by Gasteiger charge is -2.26. The van der Waals surface area contributed by atoms with E-state index in [9.17, 15) is 17.2 Å². The van der Waals surface area contributed by atoms with Crippen LogP contribution in [0.2, 0.25) is 0 Å². The van der Waals surface area contributed by atoms with E-state index in [0.29, 0.717) is 6.07 Å². The monoisotopic (exact) mass is 383 g/mol. The lowest BCUT2D eigenvalue weighted by Crippen LogP contribution is -2.37. The van der Waals surface area contributed by atoms with Gasteiger partial charge in [-0.1, -0.05) is 27.7 Å². The highest BCUT2D eigenvalue weighted by molar-refractivity contribution is 9.10. The maximum absolute atomic E-state index is 14.0. The number of hydrogen-bond donors (Lipinski definition) is 0. The summed E-state index contributed by atoms with van der Waals surface area (Å²) in [6.45, 7) is 8.11. The number of rotatable bonds is 6. The molecule has 0 bridgehead atoms. The molecular formula is C14H20BrF2NO2S. The Kier molecular flexibility index (Phi) is 6.31. The van der Waals surface area contributed by atoms with Crippen LogP contribution in [0.3, 0.4) is 0 Å². The zero-order valence-electron chi connectivity index (χ0n) is 12.5. The maximum atomic E-state index is 14.0.